The van der Waals surface area contributed by atoms with Crippen LogP contribution in [0.25, 0.3) is 0 Å². The molecule has 15 heavy (non-hydrogen) atoms. The van der Waals surface area contributed by atoms with Crippen molar-refractivity contribution in [2.75, 3.05) is 0 Å². The van der Waals surface area contributed by atoms with Crippen molar-refractivity contribution in [1.82, 2.24) is 0 Å². The molecule has 1 nitrogen and oxygen atoms in total. The third-order valence-electron chi connectivity index (χ3n) is 2.75. The van der Waals surface area contributed by atoms with E-state index in [1.165, 1.54) is 24.1 Å². The summed E-state index contributed by atoms with van der Waals surface area (Å²) in [6.07, 6.45) is 5.61. The zero-order chi connectivity index (χ0) is 11.8. The lowest BCUT2D eigenvalue weighted by molar-refractivity contribution is 0.648. The standard InChI is InChI=1S/C12H19N.C2H6/c1-5-10(4)13-12-9(3)7-8-11(12)6-2;1-2/h5,11H,3,6-8H2,1-2,4H3;1-2H3/b10-5-,13-12?;. The second-order valence-corrected chi connectivity index (χ2v) is 3.67. The van der Waals surface area contributed by atoms with Gasteiger partial charge in [0.15, 0.2) is 0 Å². The zero-order valence-corrected chi connectivity index (χ0v) is 10.9. The predicted octanol–water partition coefficient (Wildman–Crippen LogP) is 4.75. The summed E-state index contributed by atoms with van der Waals surface area (Å²) in [5.74, 6) is 0.655. The molecule has 1 atom stereocenters. The van der Waals surface area contributed by atoms with Gasteiger partial charge < -0.3 is 0 Å². The van der Waals surface area contributed by atoms with Crippen LogP contribution in [0, 0.1) is 5.92 Å². The maximum atomic E-state index is 4.61. The van der Waals surface area contributed by atoms with Gasteiger partial charge in [-0.1, -0.05) is 33.4 Å². The van der Waals surface area contributed by atoms with E-state index in [4.69, 9.17) is 0 Å². The Morgan fingerprint density at radius 1 is 1.53 bits per heavy atom. The Hall–Kier alpha value is -0.850. The van der Waals surface area contributed by atoms with Crippen LogP contribution in [0.5, 0.6) is 0 Å². The van der Waals surface area contributed by atoms with Gasteiger partial charge in [0.1, 0.15) is 0 Å². The maximum absolute atomic E-state index is 4.61. The van der Waals surface area contributed by atoms with Gasteiger partial charge in [0.05, 0.1) is 0 Å². The highest BCUT2D eigenvalue weighted by Crippen LogP contribution is 2.29. The SMILES string of the molecule is C=C1CCC(CC)C1=N/C(C)=C\C.CC. The summed E-state index contributed by atoms with van der Waals surface area (Å²) in [5, 5.41) is 0. The van der Waals surface area contributed by atoms with E-state index in [0.29, 0.717) is 5.92 Å². The fourth-order valence-electron chi connectivity index (χ4n) is 1.72. The summed E-state index contributed by atoms with van der Waals surface area (Å²) in [6.45, 7) is 14.4. The van der Waals surface area contributed by atoms with E-state index in [2.05, 4.69) is 18.5 Å². The molecular weight excluding hydrogens is 182 g/mol. The van der Waals surface area contributed by atoms with Gasteiger partial charge >= 0.3 is 0 Å². The van der Waals surface area contributed by atoms with Crippen LogP contribution >= 0.6 is 0 Å². The van der Waals surface area contributed by atoms with E-state index in [1.54, 1.807) is 0 Å². The van der Waals surface area contributed by atoms with Gasteiger partial charge in [-0.05, 0) is 38.7 Å². The minimum Gasteiger partial charge on any atom is -0.258 e. The molecule has 0 amide bonds. The summed E-state index contributed by atoms with van der Waals surface area (Å²) < 4.78 is 0. The van der Waals surface area contributed by atoms with Crippen LogP contribution in [0.15, 0.2) is 28.9 Å². The maximum Gasteiger partial charge on any atom is 0.0463 e. The van der Waals surface area contributed by atoms with E-state index in [9.17, 15) is 0 Å². The minimum absolute atomic E-state index is 0.655. The molecule has 1 unspecified atom stereocenters. The van der Waals surface area contributed by atoms with Crippen LogP contribution in [0.2, 0.25) is 0 Å². The average molecular weight is 207 g/mol. The molecule has 1 aliphatic carbocycles. The minimum atomic E-state index is 0.655. The molecular formula is C14H25N. The van der Waals surface area contributed by atoms with Crippen LogP contribution in [-0.2, 0) is 0 Å². The van der Waals surface area contributed by atoms with Gasteiger partial charge in [-0.2, -0.15) is 0 Å². The Bertz CT molecular complexity index is 259. The third kappa shape index (κ3) is 4.03. The van der Waals surface area contributed by atoms with E-state index in [-0.39, 0.29) is 0 Å². The topological polar surface area (TPSA) is 12.4 Å². The average Bonchev–Trinajstić information content (AvgIpc) is 2.63. The Labute approximate surface area is 95.0 Å². The Balaban J connectivity index is 0.000000921. The monoisotopic (exact) mass is 207 g/mol. The van der Waals surface area contributed by atoms with E-state index in [0.717, 1.165) is 12.1 Å². The first-order valence-corrected chi connectivity index (χ1v) is 6.08. The first-order chi connectivity index (χ1) is 7.19. The van der Waals surface area contributed by atoms with Crippen molar-refractivity contribution in [1.29, 1.82) is 0 Å². The molecule has 0 aliphatic heterocycles. The van der Waals surface area contributed by atoms with Crippen molar-refractivity contribution < 1.29 is 0 Å². The van der Waals surface area contributed by atoms with Crippen LogP contribution in [0.4, 0.5) is 0 Å². The molecule has 0 aromatic carbocycles. The lowest BCUT2D eigenvalue weighted by atomic mass is 10.0. The fourth-order valence-corrected chi connectivity index (χ4v) is 1.72. The van der Waals surface area contributed by atoms with Gasteiger partial charge in [-0.25, -0.2) is 0 Å². The molecule has 86 valence electrons. The molecule has 0 N–H and O–H groups in total. The quantitative estimate of drug-likeness (QED) is 0.619. The molecule has 1 saturated carbocycles. The van der Waals surface area contributed by atoms with Crippen LogP contribution in [0.3, 0.4) is 0 Å². The number of allylic oxidation sites excluding steroid dienone is 3. The van der Waals surface area contributed by atoms with Gasteiger partial charge in [0.2, 0.25) is 0 Å². The van der Waals surface area contributed by atoms with Crippen molar-refractivity contribution in [3.8, 4) is 0 Å². The third-order valence-corrected chi connectivity index (χ3v) is 2.75. The largest absolute Gasteiger partial charge is 0.258 e. The number of hydrogen-bond acceptors (Lipinski definition) is 1. The lowest BCUT2D eigenvalue weighted by Gasteiger charge is -2.07. The second kappa shape index (κ2) is 7.44. The number of rotatable bonds is 2. The smallest absolute Gasteiger partial charge is 0.0463 e. The summed E-state index contributed by atoms with van der Waals surface area (Å²) in [4.78, 5) is 4.61. The number of aliphatic imine (C=N–C) groups is 1. The Morgan fingerprint density at radius 2 is 2.13 bits per heavy atom. The van der Waals surface area contributed by atoms with E-state index >= 15 is 0 Å². The summed E-state index contributed by atoms with van der Waals surface area (Å²) in [5.41, 5.74) is 3.60. The molecule has 1 fully saturated rings. The first-order valence-electron chi connectivity index (χ1n) is 6.08. The highest BCUT2D eigenvalue weighted by Gasteiger charge is 2.23. The molecule has 1 heteroatoms. The Kier molecular flexibility index (Phi) is 7.02. The Morgan fingerprint density at radius 3 is 2.60 bits per heavy atom. The molecule has 0 bridgehead atoms. The molecule has 0 aromatic heterocycles. The predicted molar refractivity (Wildman–Crippen MR) is 70.4 cm³/mol. The molecule has 1 rings (SSSR count). The fraction of sp³-hybridized carbons (Fsp3) is 0.643. The van der Waals surface area contributed by atoms with Crippen LogP contribution in [-0.4, -0.2) is 5.71 Å². The van der Waals surface area contributed by atoms with Crippen molar-refractivity contribution in [2.24, 2.45) is 10.9 Å². The number of nitrogens with zero attached hydrogens (tertiary/aromatic N) is 1. The van der Waals surface area contributed by atoms with Crippen molar-refractivity contribution in [3.05, 3.63) is 23.9 Å². The van der Waals surface area contributed by atoms with Crippen LogP contribution in [0.1, 0.15) is 53.9 Å². The summed E-state index contributed by atoms with van der Waals surface area (Å²) in [7, 11) is 0. The molecule has 1 aliphatic rings. The van der Waals surface area contributed by atoms with Crippen LogP contribution < -0.4 is 0 Å². The second-order valence-electron chi connectivity index (χ2n) is 3.67. The van der Waals surface area contributed by atoms with Gasteiger partial charge in [-0.3, -0.25) is 4.99 Å². The zero-order valence-electron chi connectivity index (χ0n) is 10.9. The highest BCUT2D eigenvalue weighted by atomic mass is 14.8. The van der Waals surface area contributed by atoms with Gasteiger partial charge in [0, 0.05) is 17.3 Å². The molecule has 0 radical (unpaired) electrons. The van der Waals surface area contributed by atoms with E-state index in [1.807, 2.05) is 33.8 Å². The molecule has 0 spiro atoms. The van der Waals surface area contributed by atoms with Gasteiger partial charge in [0.25, 0.3) is 0 Å². The normalized spacial score (nSPS) is 24.1. The highest BCUT2D eigenvalue weighted by molar-refractivity contribution is 6.03. The van der Waals surface area contributed by atoms with Crippen molar-refractivity contribution >= 4 is 5.71 Å². The van der Waals surface area contributed by atoms with E-state index < -0.39 is 0 Å². The summed E-state index contributed by atoms with van der Waals surface area (Å²) >= 11 is 0. The first kappa shape index (κ1) is 14.2. The van der Waals surface area contributed by atoms with Crippen molar-refractivity contribution in [3.63, 3.8) is 0 Å². The molecule has 0 aromatic rings. The number of hydrogen-bond donors (Lipinski definition) is 0. The lowest BCUT2D eigenvalue weighted by Crippen LogP contribution is -2.06. The summed E-state index contributed by atoms with van der Waals surface area (Å²) in [6, 6.07) is 0. The van der Waals surface area contributed by atoms with Gasteiger partial charge in [-0.15, -0.1) is 0 Å². The van der Waals surface area contributed by atoms with Crippen molar-refractivity contribution in [2.45, 2.75) is 53.9 Å². The molecule has 0 saturated heterocycles. The molecule has 0 heterocycles.